The normalized spacial score (nSPS) is 12.2. The van der Waals surface area contributed by atoms with Crippen molar-refractivity contribution in [1.82, 2.24) is 4.98 Å². The quantitative estimate of drug-likeness (QED) is 0.852. The Labute approximate surface area is 117 Å². The second-order valence-electron chi connectivity index (χ2n) is 4.68. The van der Waals surface area contributed by atoms with Gasteiger partial charge in [0, 0.05) is 16.1 Å². The fourth-order valence-corrected chi connectivity index (χ4v) is 3.00. The SMILES string of the molecule is CC(=O)c1ccc(NC(C)c2sc(C)nc2C)cc1. The molecule has 0 radical (unpaired) electrons. The van der Waals surface area contributed by atoms with Crippen LogP contribution in [-0.2, 0) is 0 Å². The van der Waals surface area contributed by atoms with Crippen LogP contribution in [0, 0.1) is 13.8 Å². The van der Waals surface area contributed by atoms with Gasteiger partial charge in [-0.15, -0.1) is 11.3 Å². The molecule has 4 heteroatoms. The minimum Gasteiger partial charge on any atom is -0.378 e. The maximum atomic E-state index is 11.2. The van der Waals surface area contributed by atoms with E-state index >= 15 is 0 Å². The van der Waals surface area contributed by atoms with Crippen LogP contribution in [0.1, 0.15) is 45.8 Å². The molecule has 1 N–H and O–H groups in total. The molecule has 0 saturated carbocycles. The fourth-order valence-electron chi connectivity index (χ4n) is 2.07. The van der Waals surface area contributed by atoms with Gasteiger partial charge < -0.3 is 5.32 Å². The number of nitrogens with one attached hydrogen (secondary N) is 1. The average molecular weight is 274 g/mol. The first-order chi connectivity index (χ1) is 8.97. The van der Waals surface area contributed by atoms with Gasteiger partial charge in [-0.25, -0.2) is 4.98 Å². The Morgan fingerprint density at radius 2 is 1.89 bits per heavy atom. The number of Topliss-reactive ketones (excluding diaryl/α,β-unsaturated/α-hetero) is 1. The summed E-state index contributed by atoms with van der Waals surface area (Å²) in [5, 5.41) is 4.53. The third kappa shape index (κ3) is 3.20. The number of thiazole rings is 1. The standard InChI is InChI=1S/C15H18N2OS/c1-9-15(19-12(4)16-9)10(2)17-14-7-5-13(6-8-14)11(3)18/h5-8,10,17H,1-4H3. The van der Waals surface area contributed by atoms with Crippen molar-refractivity contribution >= 4 is 22.8 Å². The third-order valence-electron chi connectivity index (χ3n) is 3.01. The Hall–Kier alpha value is -1.68. The van der Waals surface area contributed by atoms with E-state index in [0.29, 0.717) is 0 Å². The maximum absolute atomic E-state index is 11.2. The Kier molecular flexibility index (Phi) is 4.00. The molecule has 19 heavy (non-hydrogen) atoms. The van der Waals surface area contributed by atoms with Gasteiger partial charge in [0.1, 0.15) is 0 Å². The highest BCUT2D eigenvalue weighted by Gasteiger charge is 2.12. The molecule has 0 spiro atoms. The van der Waals surface area contributed by atoms with Gasteiger partial charge in [-0.05, 0) is 52.0 Å². The van der Waals surface area contributed by atoms with Crippen LogP contribution in [0.3, 0.4) is 0 Å². The molecule has 0 bridgehead atoms. The number of anilines is 1. The first-order valence-electron chi connectivity index (χ1n) is 6.29. The van der Waals surface area contributed by atoms with Crippen molar-refractivity contribution in [2.75, 3.05) is 5.32 Å². The molecular formula is C15H18N2OS. The molecule has 1 heterocycles. The van der Waals surface area contributed by atoms with Gasteiger partial charge in [0.05, 0.1) is 16.7 Å². The summed E-state index contributed by atoms with van der Waals surface area (Å²) in [5.74, 6) is 0.0912. The second-order valence-corrected chi connectivity index (χ2v) is 5.92. The molecule has 2 rings (SSSR count). The van der Waals surface area contributed by atoms with Crippen molar-refractivity contribution in [3.63, 3.8) is 0 Å². The molecule has 100 valence electrons. The molecule has 0 aliphatic heterocycles. The minimum absolute atomic E-state index is 0.0912. The van der Waals surface area contributed by atoms with Gasteiger partial charge >= 0.3 is 0 Å². The topological polar surface area (TPSA) is 42.0 Å². The summed E-state index contributed by atoms with van der Waals surface area (Å²) in [7, 11) is 0. The lowest BCUT2D eigenvalue weighted by atomic mass is 10.1. The Bertz CT molecular complexity index is 587. The highest BCUT2D eigenvalue weighted by molar-refractivity contribution is 7.11. The molecule has 0 amide bonds. The minimum atomic E-state index is 0.0912. The van der Waals surface area contributed by atoms with Gasteiger partial charge in [-0.1, -0.05) is 0 Å². The molecule has 3 nitrogen and oxygen atoms in total. The lowest BCUT2D eigenvalue weighted by molar-refractivity contribution is 0.101. The lowest BCUT2D eigenvalue weighted by Crippen LogP contribution is -2.06. The summed E-state index contributed by atoms with van der Waals surface area (Å²) in [5.41, 5.74) is 2.84. The summed E-state index contributed by atoms with van der Waals surface area (Å²) in [4.78, 5) is 16.9. The summed E-state index contributed by atoms with van der Waals surface area (Å²) in [6.07, 6.45) is 0. The van der Waals surface area contributed by atoms with Crippen molar-refractivity contribution in [3.05, 3.63) is 45.4 Å². The van der Waals surface area contributed by atoms with E-state index in [9.17, 15) is 4.79 Å². The summed E-state index contributed by atoms with van der Waals surface area (Å²) >= 11 is 1.72. The predicted molar refractivity (Wildman–Crippen MR) is 80.1 cm³/mol. The second kappa shape index (κ2) is 5.53. The Balaban J connectivity index is 2.12. The van der Waals surface area contributed by atoms with E-state index in [1.807, 2.05) is 38.1 Å². The lowest BCUT2D eigenvalue weighted by Gasteiger charge is -2.14. The van der Waals surface area contributed by atoms with Crippen LogP contribution in [0.25, 0.3) is 0 Å². The molecule has 2 aromatic rings. The largest absolute Gasteiger partial charge is 0.378 e. The highest BCUT2D eigenvalue weighted by Crippen LogP contribution is 2.27. The van der Waals surface area contributed by atoms with Crippen LogP contribution in [0.4, 0.5) is 5.69 Å². The number of carbonyl (C=O) groups is 1. The van der Waals surface area contributed by atoms with Crippen molar-refractivity contribution < 1.29 is 4.79 Å². The molecule has 1 aromatic carbocycles. The molecule has 0 fully saturated rings. The number of aryl methyl sites for hydroxylation is 2. The van der Waals surface area contributed by atoms with E-state index in [1.54, 1.807) is 18.3 Å². The van der Waals surface area contributed by atoms with Crippen molar-refractivity contribution in [3.8, 4) is 0 Å². The fraction of sp³-hybridized carbons (Fsp3) is 0.333. The highest BCUT2D eigenvalue weighted by atomic mass is 32.1. The zero-order valence-corrected chi connectivity index (χ0v) is 12.5. The number of nitrogens with zero attached hydrogens (tertiary/aromatic N) is 1. The predicted octanol–water partition coefficient (Wildman–Crippen LogP) is 4.14. The van der Waals surface area contributed by atoms with Crippen LogP contribution in [0.15, 0.2) is 24.3 Å². The zero-order valence-electron chi connectivity index (χ0n) is 11.7. The third-order valence-corrected chi connectivity index (χ3v) is 4.26. The molecule has 0 aliphatic carbocycles. The molecule has 0 aliphatic rings. The number of aromatic nitrogens is 1. The number of rotatable bonds is 4. The van der Waals surface area contributed by atoms with Crippen molar-refractivity contribution in [2.45, 2.75) is 33.7 Å². The van der Waals surface area contributed by atoms with E-state index in [-0.39, 0.29) is 11.8 Å². The van der Waals surface area contributed by atoms with Gasteiger partial charge in [0.2, 0.25) is 0 Å². The first kappa shape index (κ1) is 13.7. The first-order valence-corrected chi connectivity index (χ1v) is 7.10. The van der Waals surface area contributed by atoms with Crippen LogP contribution in [-0.4, -0.2) is 10.8 Å². The average Bonchev–Trinajstić information content (AvgIpc) is 2.69. The van der Waals surface area contributed by atoms with Crippen molar-refractivity contribution in [1.29, 1.82) is 0 Å². The van der Waals surface area contributed by atoms with E-state index in [2.05, 4.69) is 17.2 Å². The summed E-state index contributed by atoms with van der Waals surface area (Å²) in [6, 6.07) is 7.80. The number of hydrogen-bond acceptors (Lipinski definition) is 4. The Morgan fingerprint density at radius 3 is 2.37 bits per heavy atom. The van der Waals surface area contributed by atoms with E-state index < -0.39 is 0 Å². The van der Waals surface area contributed by atoms with Crippen LogP contribution in [0.5, 0.6) is 0 Å². The van der Waals surface area contributed by atoms with Crippen molar-refractivity contribution in [2.24, 2.45) is 0 Å². The zero-order chi connectivity index (χ0) is 14.0. The maximum Gasteiger partial charge on any atom is 0.159 e. The van der Waals surface area contributed by atoms with E-state index in [1.165, 1.54) is 4.88 Å². The van der Waals surface area contributed by atoms with Gasteiger partial charge in [0.15, 0.2) is 5.78 Å². The number of ketones is 1. The monoisotopic (exact) mass is 274 g/mol. The number of hydrogen-bond donors (Lipinski definition) is 1. The number of benzene rings is 1. The molecule has 0 saturated heterocycles. The summed E-state index contributed by atoms with van der Waals surface area (Å²) in [6.45, 7) is 7.76. The van der Waals surface area contributed by atoms with Gasteiger partial charge in [-0.2, -0.15) is 0 Å². The van der Waals surface area contributed by atoms with Gasteiger partial charge in [-0.3, -0.25) is 4.79 Å². The van der Waals surface area contributed by atoms with Crippen LogP contribution >= 0.6 is 11.3 Å². The van der Waals surface area contributed by atoms with E-state index in [4.69, 9.17) is 0 Å². The number of carbonyl (C=O) groups excluding carboxylic acids is 1. The smallest absolute Gasteiger partial charge is 0.159 e. The van der Waals surface area contributed by atoms with Crippen LogP contribution in [0.2, 0.25) is 0 Å². The molecular weight excluding hydrogens is 256 g/mol. The molecule has 1 atom stereocenters. The Morgan fingerprint density at radius 1 is 1.26 bits per heavy atom. The molecule has 1 unspecified atom stereocenters. The molecule has 1 aromatic heterocycles. The van der Waals surface area contributed by atoms with E-state index in [0.717, 1.165) is 22.0 Å². The van der Waals surface area contributed by atoms with Crippen LogP contribution < -0.4 is 5.32 Å². The van der Waals surface area contributed by atoms with Gasteiger partial charge in [0.25, 0.3) is 0 Å². The summed E-state index contributed by atoms with van der Waals surface area (Å²) < 4.78 is 0.